The Morgan fingerprint density at radius 3 is 1.40 bits per heavy atom. The number of H-pyrrole nitrogens is 2. The van der Waals surface area contributed by atoms with E-state index in [4.69, 9.17) is 0 Å². The molecule has 18 heteroatoms. The van der Waals surface area contributed by atoms with E-state index in [2.05, 4.69) is 30.6 Å². The first-order valence-electron chi connectivity index (χ1n) is 13.9. The Hall–Kier alpha value is -5.04. The second kappa shape index (κ2) is 14.8. The molecule has 2 heterocycles. The van der Waals surface area contributed by atoms with Crippen molar-refractivity contribution in [2.24, 2.45) is 0 Å². The molecule has 0 saturated heterocycles. The molecule has 0 unspecified atom stereocenters. The lowest BCUT2D eigenvalue weighted by molar-refractivity contribution is -0.384. The number of non-ortho nitro benzene ring substituents is 2. The molecule has 2 aromatic heterocycles. The van der Waals surface area contributed by atoms with Crippen LogP contribution in [0, 0.1) is 20.2 Å². The second-order valence-corrected chi connectivity index (χ2v) is 14.1. The monoisotopic (exact) mass is 718 g/mol. The van der Waals surface area contributed by atoms with Gasteiger partial charge < -0.3 is 20.6 Å². The van der Waals surface area contributed by atoms with Gasteiger partial charge in [-0.2, -0.15) is 0 Å². The summed E-state index contributed by atoms with van der Waals surface area (Å²) >= 11 is 2.40. The highest BCUT2D eigenvalue weighted by molar-refractivity contribution is 8.76. The van der Waals surface area contributed by atoms with Crippen LogP contribution in [0.25, 0.3) is 22.1 Å². The summed E-state index contributed by atoms with van der Waals surface area (Å²) in [5.41, 5.74) is 3.47. The van der Waals surface area contributed by atoms with Crippen molar-refractivity contribution in [1.82, 2.24) is 19.9 Å². The topological polar surface area (TPSA) is 202 Å². The number of nitrogens with zero attached hydrogens (tertiary/aromatic N) is 4. The number of carbonyl (C=O) groups excluding carboxylic acids is 2. The van der Waals surface area contributed by atoms with Crippen LogP contribution in [-0.4, -0.2) is 53.1 Å². The van der Waals surface area contributed by atoms with Crippen LogP contribution in [-0.2, 0) is 9.59 Å². The van der Waals surface area contributed by atoms with E-state index in [1.165, 1.54) is 47.8 Å². The van der Waals surface area contributed by atoms with Crippen molar-refractivity contribution >= 4 is 102 Å². The minimum atomic E-state index is -0.472. The van der Waals surface area contributed by atoms with E-state index in [0.29, 0.717) is 43.8 Å². The molecule has 2 amide bonds. The number of rotatable bonds is 13. The molecule has 6 aromatic rings. The van der Waals surface area contributed by atoms with Crippen LogP contribution in [0.3, 0.4) is 0 Å². The Morgan fingerprint density at radius 2 is 1.02 bits per heavy atom. The van der Waals surface area contributed by atoms with Gasteiger partial charge in [-0.3, -0.25) is 29.8 Å². The number of aromatic amines is 2. The van der Waals surface area contributed by atoms with Gasteiger partial charge in [-0.25, -0.2) is 9.97 Å². The van der Waals surface area contributed by atoms with E-state index in [0.717, 1.165) is 9.79 Å². The molecule has 0 aliphatic carbocycles. The highest BCUT2D eigenvalue weighted by Gasteiger charge is 2.13. The predicted molar refractivity (Wildman–Crippen MR) is 189 cm³/mol. The van der Waals surface area contributed by atoms with Crippen molar-refractivity contribution < 1.29 is 19.4 Å². The molecule has 0 bridgehead atoms. The SMILES string of the molecule is O=C(CSc1nc2ccc([N+](=O)[O-])cc2[nH]1)Nc1ccc(SSc2ccc(NC(=O)CSc3nc4ccc([N+](=O)[O-])cc4[nH]3)cc2)cc1. The fourth-order valence-electron chi connectivity index (χ4n) is 4.26. The van der Waals surface area contributed by atoms with Gasteiger partial charge in [0.2, 0.25) is 11.8 Å². The van der Waals surface area contributed by atoms with Gasteiger partial charge in [-0.15, -0.1) is 0 Å². The summed E-state index contributed by atoms with van der Waals surface area (Å²) in [6, 6.07) is 23.6. The normalized spacial score (nSPS) is 11.1. The maximum absolute atomic E-state index is 12.5. The molecule has 0 saturated carbocycles. The van der Waals surface area contributed by atoms with Crippen molar-refractivity contribution in [3.8, 4) is 0 Å². The Balaban J connectivity index is 0.919. The van der Waals surface area contributed by atoms with Gasteiger partial charge in [0, 0.05) is 45.4 Å². The highest BCUT2D eigenvalue weighted by atomic mass is 33.1. The first-order chi connectivity index (χ1) is 23.2. The van der Waals surface area contributed by atoms with Gasteiger partial charge >= 0.3 is 0 Å². The lowest BCUT2D eigenvalue weighted by Crippen LogP contribution is -2.14. The molecule has 242 valence electrons. The summed E-state index contributed by atoms with van der Waals surface area (Å²) in [4.78, 5) is 62.6. The zero-order chi connectivity index (χ0) is 33.6. The van der Waals surface area contributed by atoms with E-state index >= 15 is 0 Å². The molecule has 4 aromatic carbocycles. The van der Waals surface area contributed by atoms with Crippen molar-refractivity contribution in [2.45, 2.75) is 20.1 Å². The number of anilines is 2. The number of hydrogen-bond acceptors (Lipinski definition) is 12. The van der Waals surface area contributed by atoms with Gasteiger partial charge in [-0.05, 0) is 60.7 Å². The summed E-state index contributed by atoms with van der Waals surface area (Å²) in [5, 5.41) is 28.6. The summed E-state index contributed by atoms with van der Waals surface area (Å²) in [5.74, 6) is -0.205. The van der Waals surface area contributed by atoms with Crippen LogP contribution in [0.2, 0.25) is 0 Å². The lowest BCUT2D eigenvalue weighted by atomic mass is 10.3. The smallest absolute Gasteiger partial charge is 0.271 e. The number of nitrogens with one attached hydrogen (secondary N) is 4. The van der Waals surface area contributed by atoms with Crippen LogP contribution < -0.4 is 10.6 Å². The number of hydrogen-bond donors (Lipinski definition) is 4. The third-order valence-corrected chi connectivity index (χ3v) is 10.7. The Morgan fingerprint density at radius 1 is 0.625 bits per heavy atom. The van der Waals surface area contributed by atoms with E-state index < -0.39 is 9.85 Å². The zero-order valence-corrected chi connectivity index (χ0v) is 27.6. The minimum Gasteiger partial charge on any atom is -0.333 e. The van der Waals surface area contributed by atoms with Gasteiger partial charge in [0.05, 0.1) is 43.4 Å². The molecule has 4 N–H and O–H groups in total. The standard InChI is InChI=1S/C30H22N8O6S4/c39-27(15-45-29-33-23-11-5-19(37(41)42)13-25(23)35-29)31-17-1-7-21(8-2-17)47-48-22-9-3-18(4-10-22)32-28(40)16-46-30-34-24-12-6-20(38(43)44)14-26(24)36-30/h1-14H,15-16H2,(H,31,39)(H,32,40)(H,33,35)(H,34,36). The van der Waals surface area contributed by atoms with Crippen LogP contribution in [0.15, 0.2) is 105 Å². The molecule has 14 nitrogen and oxygen atoms in total. The molecule has 0 spiro atoms. The molecular formula is C30H22N8O6S4. The van der Waals surface area contributed by atoms with Crippen LogP contribution in [0.1, 0.15) is 0 Å². The molecule has 0 atom stereocenters. The zero-order valence-electron chi connectivity index (χ0n) is 24.4. The average Bonchev–Trinajstić information content (AvgIpc) is 3.69. The quantitative estimate of drug-likeness (QED) is 0.0397. The number of carbonyl (C=O) groups is 2. The fourth-order valence-corrected chi connectivity index (χ4v) is 7.56. The molecular weight excluding hydrogens is 697 g/mol. The Kier molecular flexibility index (Phi) is 10.1. The largest absolute Gasteiger partial charge is 0.333 e. The van der Waals surface area contributed by atoms with Crippen molar-refractivity contribution in [3.05, 3.63) is 105 Å². The third kappa shape index (κ3) is 8.45. The first kappa shape index (κ1) is 32.9. The van der Waals surface area contributed by atoms with E-state index in [1.54, 1.807) is 33.7 Å². The molecule has 0 aliphatic rings. The highest BCUT2D eigenvalue weighted by Crippen LogP contribution is 2.38. The fraction of sp³-hybridized carbons (Fsp3) is 0.0667. The van der Waals surface area contributed by atoms with Gasteiger partial charge in [0.15, 0.2) is 10.3 Å². The minimum absolute atomic E-state index is 0.0346. The number of imidazole rings is 2. The number of nitro benzene ring substituents is 2. The number of benzene rings is 4. The summed E-state index contributed by atoms with van der Waals surface area (Å²) in [7, 11) is 3.10. The molecule has 0 radical (unpaired) electrons. The first-order valence-corrected chi connectivity index (χ1v) is 18.0. The van der Waals surface area contributed by atoms with E-state index in [9.17, 15) is 29.8 Å². The maximum atomic E-state index is 12.5. The molecule has 6 rings (SSSR count). The maximum Gasteiger partial charge on any atom is 0.271 e. The number of thioether (sulfide) groups is 2. The van der Waals surface area contributed by atoms with Crippen molar-refractivity contribution in [1.29, 1.82) is 0 Å². The third-order valence-electron chi connectivity index (χ3n) is 6.50. The molecule has 48 heavy (non-hydrogen) atoms. The van der Waals surface area contributed by atoms with E-state index in [-0.39, 0.29) is 34.7 Å². The van der Waals surface area contributed by atoms with Gasteiger partial charge in [0.25, 0.3) is 11.4 Å². The number of fused-ring (bicyclic) bond motifs is 2. The predicted octanol–water partition coefficient (Wildman–Crippen LogP) is 7.52. The summed E-state index contributed by atoms with van der Waals surface area (Å²) in [6.45, 7) is 0. The summed E-state index contributed by atoms with van der Waals surface area (Å²) < 4.78 is 0. The molecule has 0 aliphatic heterocycles. The summed E-state index contributed by atoms with van der Waals surface area (Å²) in [6.07, 6.45) is 0. The lowest BCUT2D eigenvalue weighted by Gasteiger charge is -2.07. The average molecular weight is 719 g/mol. The van der Waals surface area contributed by atoms with Crippen LogP contribution in [0.4, 0.5) is 22.7 Å². The van der Waals surface area contributed by atoms with E-state index in [1.807, 2.05) is 48.5 Å². The van der Waals surface area contributed by atoms with Gasteiger partial charge in [0.1, 0.15) is 0 Å². The number of nitro groups is 2. The molecule has 0 fully saturated rings. The van der Waals surface area contributed by atoms with Crippen molar-refractivity contribution in [2.75, 3.05) is 22.1 Å². The Bertz CT molecular complexity index is 2000. The van der Waals surface area contributed by atoms with Gasteiger partial charge in [-0.1, -0.05) is 45.1 Å². The van der Waals surface area contributed by atoms with Crippen LogP contribution in [0.5, 0.6) is 0 Å². The Labute approximate surface area is 287 Å². The second-order valence-electron chi connectivity index (χ2n) is 9.89. The van der Waals surface area contributed by atoms with Crippen LogP contribution >= 0.6 is 45.1 Å². The van der Waals surface area contributed by atoms with Crippen molar-refractivity contribution in [3.63, 3.8) is 0 Å². The number of aromatic nitrogens is 4. The number of amides is 2.